The Morgan fingerprint density at radius 2 is 1.82 bits per heavy atom. The van der Waals surface area contributed by atoms with E-state index in [-0.39, 0.29) is 6.54 Å². The van der Waals surface area contributed by atoms with Crippen molar-refractivity contribution in [1.29, 1.82) is 0 Å². The number of rotatable bonds is 7. The molecule has 0 aliphatic rings. The summed E-state index contributed by atoms with van der Waals surface area (Å²) in [6.07, 6.45) is -4.68. The average Bonchev–Trinajstić information content (AvgIpc) is 2.65. The molecule has 1 amide bonds. The summed E-state index contributed by atoms with van der Waals surface area (Å²) >= 11 is 0. The van der Waals surface area contributed by atoms with E-state index < -0.39 is 38.6 Å². The lowest BCUT2D eigenvalue weighted by atomic mass is 10.2. The minimum absolute atomic E-state index is 0.0957. The van der Waals surface area contributed by atoms with Crippen molar-refractivity contribution in [2.75, 3.05) is 7.11 Å². The van der Waals surface area contributed by atoms with Crippen molar-refractivity contribution in [3.05, 3.63) is 59.7 Å². The van der Waals surface area contributed by atoms with Gasteiger partial charge in [0.25, 0.3) is 0 Å². The van der Waals surface area contributed by atoms with Gasteiger partial charge in [0.2, 0.25) is 15.9 Å². The number of benzene rings is 2. The Hall–Kier alpha value is -2.59. The maximum absolute atomic E-state index is 12.8. The van der Waals surface area contributed by atoms with Gasteiger partial charge in [-0.25, -0.2) is 8.42 Å². The van der Waals surface area contributed by atoms with Crippen molar-refractivity contribution in [2.45, 2.75) is 30.6 Å². The molecule has 0 aromatic heterocycles. The van der Waals surface area contributed by atoms with Crippen LogP contribution in [0.1, 0.15) is 18.1 Å². The number of ether oxygens (including phenoxy) is 1. The van der Waals surface area contributed by atoms with Crippen LogP contribution in [0.3, 0.4) is 0 Å². The third kappa shape index (κ3) is 5.46. The van der Waals surface area contributed by atoms with E-state index in [4.69, 9.17) is 4.74 Å². The van der Waals surface area contributed by atoms with Crippen molar-refractivity contribution in [1.82, 2.24) is 10.0 Å². The highest BCUT2D eigenvalue weighted by molar-refractivity contribution is 7.89. The number of amides is 1. The summed E-state index contributed by atoms with van der Waals surface area (Å²) in [5, 5.41) is 2.56. The van der Waals surface area contributed by atoms with Gasteiger partial charge in [0.15, 0.2) is 0 Å². The summed E-state index contributed by atoms with van der Waals surface area (Å²) in [5.74, 6) is -0.0820. The molecule has 6 nitrogen and oxygen atoms in total. The molecule has 0 bridgehead atoms. The molecule has 2 aromatic carbocycles. The SMILES string of the molecule is COc1ccccc1CNC(=O)C(C)NS(=O)(=O)c1cccc(C(F)(F)F)c1. The topological polar surface area (TPSA) is 84.5 Å². The number of alkyl halides is 3. The molecule has 0 fully saturated rings. The van der Waals surface area contributed by atoms with Crippen molar-refractivity contribution >= 4 is 15.9 Å². The molecule has 2 N–H and O–H groups in total. The summed E-state index contributed by atoms with van der Waals surface area (Å²) in [6, 6.07) is 9.05. The molecule has 2 rings (SSSR count). The molecule has 0 saturated carbocycles. The van der Waals surface area contributed by atoms with Gasteiger partial charge >= 0.3 is 6.18 Å². The van der Waals surface area contributed by atoms with Gasteiger partial charge in [0.1, 0.15) is 5.75 Å². The van der Waals surface area contributed by atoms with Crippen LogP contribution in [0.5, 0.6) is 5.75 Å². The molecule has 0 heterocycles. The molecule has 1 unspecified atom stereocenters. The molecular formula is C18H19F3N2O4S. The minimum Gasteiger partial charge on any atom is -0.496 e. The maximum atomic E-state index is 12.8. The Balaban J connectivity index is 2.06. The van der Waals surface area contributed by atoms with Crippen LogP contribution in [0.4, 0.5) is 13.2 Å². The summed E-state index contributed by atoms with van der Waals surface area (Å²) in [4.78, 5) is 11.6. The van der Waals surface area contributed by atoms with Crippen LogP contribution in [-0.4, -0.2) is 27.5 Å². The normalized spacial score (nSPS) is 13.0. The highest BCUT2D eigenvalue weighted by Gasteiger charge is 2.32. The number of methoxy groups -OCH3 is 1. The maximum Gasteiger partial charge on any atom is 0.416 e. The Morgan fingerprint density at radius 3 is 2.46 bits per heavy atom. The Labute approximate surface area is 160 Å². The fourth-order valence-corrected chi connectivity index (χ4v) is 3.63. The fourth-order valence-electron chi connectivity index (χ4n) is 2.38. The second-order valence-electron chi connectivity index (χ2n) is 5.90. The number of hydrogen-bond donors (Lipinski definition) is 2. The lowest BCUT2D eigenvalue weighted by Gasteiger charge is -2.16. The first kappa shape index (κ1) is 21.7. The van der Waals surface area contributed by atoms with Crippen LogP contribution in [0.2, 0.25) is 0 Å². The van der Waals surface area contributed by atoms with Crippen molar-refractivity contribution < 1.29 is 31.1 Å². The summed E-state index contributed by atoms with van der Waals surface area (Å²) in [6.45, 7) is 1.39. The van der Waals surface area contributed by atoms with E-state index in [0.29, 0.717) is 17.4 Å². The van der Waals surface area contributed by atoms with Crippen molar-refractivity contribution in [2.24, 2.45) is 0 Å². The summed E-state index contributed by atoms with van der Waals surface area (Å²) in [7, 11) is -2.84. The van der Waals surface area contributed by atoms with Crippen LogP contribution in [0, 0.1) is 0 Å². The lowest BCUT2D eigenvalue weighted by Crippen LogP contribution is -2.44. The minimum atomic E-state index is -4.68. The number of carbonyl (C=O) groups is 1. The smallest absolute Gasteiger partial charge is 0.416 e. The molecule has 28 heavy (non-hydrogen) atoms. The quantitative estimate of drug-likeness (QED) is 0.727. The number of sulfonamides is 1. The number of nitrogens with one attached hydrogen (secondary N) is 2. The molecule has 10 heteroatoms. The van der Waals surface area contributed by atoms with Gasteiger partial charge in [-0.15, -0.1) is 0 Å². The first-order chi connectivity index (χ1) is 13.0. The van der Waals surface area contributed by atoms with E-state index in [2.05, 4.69) is 10.0 Å². The second-order valence-corrected chi connectivity index (χ2v) is 7.61. The standard InChI is InChI=1S/C18H19F3N2O4S/c1-12(17(24)22-11-13-6-3-4-9-16(13)27-2)23-28(25,26)15-8-5-7-14(10-15)18(19,20)21/h3-10,12,23H,11H2,1-2H3,(H,22,24). The summed E-state index contributed by atoms with van der Waals surface area (Å²) < 4.78 is 70.2. The van der Waals surface area contributed by atoms with Gasteiger partial charge in [-0.2, -0.15) is 17.9 Å². The fraction of sp³-hybridized carbons (Fsp3) is 0.278. The van der Waals surface area contributed by atoms with Crippen molar-refractivity contribution in [3.8, 4) is 5.75 Å². The van der Waals surface area contributed by atoms with Crippen LogP contribution in [0.25, 0.3) is 0 Å². The molecule has 0 saturated heterocycles. The van der Waals surface area contributed by atoms with Gasteiger partial charge in [-0.05, 0) is 31.2 Å². The van der Waals surface area contributed by atoms with Gasteiger partial charge in [0.05, 0.1) is 23.6 Å². The van der Waals surface area contributed by atoms with E-state index >= 15 is 0 Å². The molecule has 0 radical (unpaired) electrons. The van der Waals surface area contributed by atoms with E-state index in [1.165, 1.54) is 14.0 Å². The molecule has 0 aliphatic carbocycles. The lowest BCUT2D eigenvalue weighted by molar-refractivity contribution is -0.137. The first-order valence-electron chi connectivity index (χ1n) is 8.14. The Morgan fingerprint density at radius 1 is 1.14 bits per heavy atom. The number of hydrogen-bond acceptors (Lipinski definition) is 4. The van der Waals surface area contributed by atoms with Crippen molar-refractivity contribution in [3.63, 3.8) is 0 Å². The third-order valence-corrected chi connectivity index (χ3v) is 5.38. The first-order valence-corrected chi connectivity index (χ1v) is 9.62. The third-order valence-electron chi connectivity index (χ3n) is 3.84. The molecular weight excluding hydrogens is 397 g/mol. The largest absolute Gasteiger partial charge is 0.496 e. The van der Waals surface area contributed by atoms with Gasteiger partial charge in [-0.3, -0.25) is 4.79 Å². The molecule has 0 aliphatic heterocycles. The molecule has 2 aromatic rings. The van der Waals surface area contributed by atoms with Gasteiger partial charge < -0.3 is 10.1 Å². The Kier molecular flexibility index (Phi) is 6.68. The second kappa shape index (κ2) is 8.61. The number of para-hydroxylation sites is 1. The summed E-state index contributed by atoms with van der Waals surface area (Å²) in [5.41, 5.74) is -0.407. The van der Waals surface area contributed by atoms with Crippen LogP contribution < -0.4 is 14.8 Å². The Bertz CT molecular complexity index is 946. The van der Waals surface area contributed by atoms with Crippen LogP contribution in [-0.2, 0) is 27.5 Å². The zero-order valence-electron chi connectivity index (χ0n) is 15.1. The highest BCUT2D eigenvalue weighted by Crippen LogP contribution is 2.30. The molecule has 152 valence electrons. The monoisotopic (exact) mass is 416 g/mol. The molecule has 1 atom stereocenters. The zero-order chi connectivity index (χ0) is 20.9. The highest BCUT2D eigenvalue weighted by atomic mass is 32.2. The van der Waals surface area contributed by atoms with E-state index in [1.54, 1.807) is 24.3 Å². The number of carbonyl (C=O) groups excluding carboxylic acids is 1. The zero-order valence-corrected chi connectivity index (χ0v) is 15.9. The predicted molar refractivity (Wildman–Crippen MR) is 96.1 cm³/mol. The molecule has 0 spiro atoms. The number of halogens is 3. The van der Waals surface area contributed by atoms with E-state index in [9.17, 15) is 26.4 Å². The van der Waals surface area contributed by atoms with Gasteiger partial charge in [0, 0.05) is 12.1 Å². The van der Waals surface area contributed by atoms with Crippen LogP contribution >= 0.6 is 0 Å². The van der Waals surface area contributed by atoms with E-state index in [1.807, 2.05) is 0 Å². The van der Waals surface area contributed by atoms with Gasteiger partial charge in [-0.1, -0.05) is 24.3 Å². The van der Waals surface area contributed by atoms with E-state index in [0.717, 1.165) is 18.2 Å². The predicted octanol–water partition coefficient (Wildman–Crippen LogP) is 2.70. The average molecular weight is 416 g/mol. The van der Waals surface area contributed by atoms with Crippen LogP contribution in [0.15, 0.2) is 53.4 Å².